The first kappa shape index (κ1) is 29.2. The van der Waals surface area contributed by atoms with E-state index in [1.807, 2.05) is 36.2 Å². The smallest absolute Gasteiger partial charge is 0.319 e. The minimum Gasteiger partial charge on any atom is -0.508 e. The third-order valence-corrected chi connectivity index (χ3v) is 8.42. The van der Waals surface area contributed by atoms with Gasteiger partial charge >= 0.3 is 6.01 Å². The lowest BCUT2D eigenvalue weighted by Gasteiger charge is -2.41. The zero-order chi connectivity index (χ0) is 31.0. The molecule has 1 N–H and O–H groups in total. The molecule has 2 saturated heterocycles. The Hall–Kier alpha value is -4.89. The van der Waals surface area contributed by atoms with Gasteiger partial charge in [-0.1, -0.05) is 30.8 Å². The van der Waals surface area contributed by atoms with Gasteiger partial charge in [-0.05, 0) is 49.3 Å². The largest absolute Gasteiger partial charge is 0.508 e. The van der Waals surface area contributed by atoms with Gasteiger partial charge in [-0.25, -0.2) is 8.78 Å². The third kappa shape index (κ3) is 5.46. The first-order valence-electron chi connectivity index (χ1n) is 14.4. The fourth-order valence-electron chi connectivity index (χ4n) is 6.12. The maximum Gasteiger partial charge on any atom is 0.319 e. The van der Waals surface area contributed by atoms with Crippen molar-refractivity contribution in [2.75, 3.05) is 44.7 Å². The van der Waals surface area contributed by atoms with Crippen LogP contribution in [0.5, 0.6) is 11.8 Å². The number of hydrogen-bond acceptors (Lipinski definition) is 9. The fraction of sp³-hybridized carbons (Fsp3) is 0.344. The molecular formula is C32H31F2N7O3. The van der Waals surface area contributed by atoms with E-state index >= 15 is 4.39 Å². The zero-order valence-corrected chi connectivity index (χ0v) is 24.2. The Balaban J connectivity index is 1.45. The third-order valence-electron chi connectivity index (χ3n) is 8.42. The summed E-state index contributed by atoms with van der Waals surface area (Å²) in [5.74, 6) is -2.36. The normalized spacial score (nSPS) is 19.0. The van der Waals surface area contributed by atoms with Crippen molar-refractivity contribution in [1.29, 1.82) is 5.26 Å². The number of pyridine rings is 1. The van der Waals surface area contributed by atoms with Crippen molar-refractivity contribution in [2.24, 2.45) is 0 Å². The Bertz CT molecular complexity index is 1810. The van der Waals surface area contributed by atoms with Crippen LogP contribution in [0.1, 0.15) is 19.3 Å². The molecule has 10 nitrogen and oxygen atoms in total. The number of likely N-dealkylation sites (N-methyl/N-ethyl adjacent to an activating group) is 1. The van der Waals surface area contributed by atoms with Crippen molar-refractivity contribution in [3.63, 3.8) is 0 Å². The Morgan fingerprint density at radius 2 is 2.00 bits per heavy atom. The number of carbonyl (C=O) groups is 1. The molecule has 1 amide bonds. The first-order valence-corrected chi connectivity index (χ1v) is 14.4. The van der Waals surface area contributed by atoms with E-state index in [1.54, 1.807) is 6.07 Å². The van der Waals surface area contributed by atoms with Crippen molar-refractivity contribution in [2.45, 2.75) is 31.3 Å². The van der Waals surface area contributed by atoms with Crippen LogP contribution in [0.15, 0.2) is 55.0 Å². The standard InChI is InChI=1S/C32H31F2N7O3/c1-19(33)31(43)41-13-12-40(17-21(41)9-10-35)30-26-16-36-28(25-15-23(42)14-20-6-3-4-8-24(20)25)27(34)29(26)37-32(38-30)44-18-22-7-5-11-39(22)2/h3-4,6,8,14-16,21-22,42H,1,5,7,9,11-13,17-18H2,2H3/t21-,22-/m0/s1. The Kier molecular flexibility index (Phi) is 7.97. The van der Waals surface area contributed by atoms with E-state index in [1.165, 1.54) is 17.2 Å². The SMILES string of the molecule is C=C(F)C(=O)N1CCN(c2nc(OC[C@@H]3CCCN3C)nc3c(F)c(-c4cc(O)cc5ccccc45)ncc23)C[C@@H]1CC#N. The quantitative estimate of drug-likeness (QED) is 0.305. The number of piperazine rings is 1. The Labute approximate surface area is 252 Å². The van der Waals surface area contributed by atoms with E-state index in [-0.39, 0.29) is 55.1 Å². The molecular weight excluding hydrogens is 568 g/mol. The molecule has 4 heterocycles. The Morgan fingerprint density at radius 3 is 2.75 bits per heavy atom. The topological polar surface area (TPSA) is 119 Å². The number of fused-ring (bicyclic) bond motifs is 2. The second-order valence-electron chi connectivity index (χ2n) is 11.2. The van der Waals surface area contributed by atoms with Gasteiger partial charge in [-0.2, -0.15) is 15.2 Å². The number of amides is 1. The minimum absolute atomic E-state index is 0.00922. The average molecular weight is 600 g/mol. The lowest BCUT2D eigenvalue weighted by Crippen LogP contribution is -2.55. The highest BCUT2D eigenvalue weighted by atomic mass is 19.1. The summed E-state index contributed by atoms with van der Waals surface area (Å²) < 4.78 is 36.4. The van der Waals surface area contributed by atoms with Crippen LogP contribution in [0.25, 0.3) is 32.9 Å². The van der Waals surface area contributed by atoms with Gasteiger partial charge in [0, 0.05) is 37.4 Å². The van der Waals surface area contributed by atoms with Gasteiger partial charge in [0.2, 0.25) is 0 Å². The molecule has 2 aliphatic rings. The van der Waals surface area contributed by atoms with Gasteiger partial charge in [-0.15, -0.1) is 0 Å². The molecule has 0 saturated carbocycles. The highest BCUT2D eigenvalue weighted by molar-refractivity contribution is 6.00. The van der Waals surface area contributed by atoms with Crippen molar-refractivity contribution >= 4 is 33.4 Å². The van der Waals surface area contributed by atoms with E-state index in [2.05, 4.69) is 32.5 Å². The maximum atomic E-state index is 16.5. The van der Waals surface area contributed by atoms with Crippen LogP contribution in [0.4, 0.5) is 14.6 Å². The monoisotopic (exact) mass is 599 g/mol. The number of ether oxygens (including phenoxy) is 1. The lowest BCUT2D eigenvalue weighted by atomic mass is 10.00. The molecule has 4 aromatic rings. The maximum absolute atomic E-state index is 16.5. The molecule has 2 aromatic carbocycles. The van der Waals surface area contributed by atoms with E-state index in [4.69, 9.17) is 4.74 Å². The molecule has 0 radical (unpaired) electrons. The predicted octanol–water partition coefficient (Wildman–Crippen LogP) is 4.58. The molecule has 12 heteroatoms. The summed E-state index contributed by atoms with van der Waals surface area (Å²) in [4.78, 5) is 31.4. The molecule has 226 valence electrons. The molecule has 0 aliphatic carbocycles. The summed E-state index contributed by atoms with van der Waals surface area (Å²) >= 11 is 0. The molecule has 0 spiro atoms. The summed E-state index contributed by atoms with van der Waals surface area (Å²) in [5, 5.41) is 21.6. The highest BCUT2D eigenvalue weighted by Gasteiger charge is 2.34. The van der Waals surface area contributed by atoms with Gasteiger partial charge in [-0.3, -0.25) is 9.78 Å². The Morgan fingerprint density at radius 1 is 1.18 bits per heavy atom. The molecule has 2 aliphatic heterocycles. The van der Waals surface area contributed by atoms with Crippen LogP contribution in [0, 0.1) is 17.1 Å². The van der Waals surface area contributed by atoms with E-state index in [0.29, 0.717) is 28.8 Å². The molecule has 0 bridgehead atoms. The van der Waals surface area contributed by atoms with E-state index < -0.39 is 23.6 Å². The van der Waals surface area contributed by atoms with Crippen molar-refractivity contribution in [1.82, 2.24) is 24.8 Å². The summed E-state index contributed by atoms with van der Waals surface area (Å²) in [6, 6.07) is 11.9. The average Bonchev–Trinajstić information content (AvgIpc) is 3.43. The van der Waals surface area contributed by atoms with Gasteiger partial charge < -0.3 is 24.5 Å². The van der Waals surface area contributed by atoms with Crippen LogP contribution in [0.3, 0.4) is 0 Å². The van der Waals surface area contributed by atoms with E-state index in [0.717, 1.165) is 24.8 Å². The number of likely N-dealkylation sites (tertiary alicyclic amines) is 1. The molecule has 2 atom stereocenters. The summed E-state index contributed by atoms with van der Waals surface area (Å²) in [6.45, 7) is 4.87. The highest BCUT2D eigenvalue weighted by Crippen LogP contribution is 2.37. The number of aromatic hydroxyl groups is 1. The van der Waals surface area contributed by atoms with Crippen LogP contribution in [0.2, 0.25) is 0 Å². The van der Waals surface area contributed by atoms with Crippen LogP contribution >= 0.6 is 0 Å². The zero-order valence-electron chi connectivity index (χ0n) is 24.2. The predicted molar refractivity (Wildman–Crippen MR) is 161 cm³/mol. The molecule has 0 unspecified atom stereocenters. The first-order chi connectivity index (χ1) is 21.2. The molecule has 6 rings (SSSR count). The number of halogens is 2. The number of anilines is 1. The minimum atomic E-state index is -1.10. The summed E-state index contributed by atoms with van der Waals surface area (Å²) in [5.41, 5.74) is 0.396. The van der Waals surface area contributed by atoms with Gasteiger partial charge in [0.05, 0.1) is 23.9 Å². The summed E-state index contributed by atoms with van der Waals surface area (Å²) in [7, 11) is 2.02. The number of hydrogen-bond donors (Lipinski definition) is 1. The van der Waals surface area contributed by atoms with E-state index in [9.17, 15) is 19.6 Å². The van der Waals surface area contributed by atoms with Crippen LogP contribution in [-0.4, -0.2) is 87.7 Å². The summed E-state index contributed by atoms with van der Waals surface area (Å²) in [6.07, 6.45) is 3.44. The van der Waals surface area contributed by atoms with Crippen molar-refractivity contribution in [3.8, 4) is 29.1 Å². The van der Waals surface area contributed by atoms with Gasteiger partial charge in [0.25, 0.3) is 5.91 Å². The van der Waals surface area contributed by atoms with Crippen LogP contribution < -0.4 is 9.64 Å². The number of nitrogens with zero attached hydrogens (tertiary/aromatic N) is 7. The lowest BCUT2D eigenvalue weighted by molar-refractivity contribution is -0.131. The number of aromatic nitrogens is 3. The van der Waals surface area contributed by atoms with Gasteiger partial charge in [0.15, 0.2) is 11.6 Å². The van der Waals surface area contributed by atoms with Gasteiger partial charge in [0.1, 0.15) is 29.4 Å². The fourth-order valence-corrected chi connectivity index (χ4v) is 6.12. The number of benzene rings is 2. The van der Waals surface area contributed by atoms with Crippen molar-refractivity contribution < 1.29 is 23.4 Å². The number of phenols is 1. The molecule has 44 heavy (non-hydrogen) atoms. The molecule has 2 fully saturated rings. The number of nitriles is 1. The van der Waals surface area contributed by atoms with Crippen LogP contribution in [-0.2, 0) is 4.79 Å². The second kappa shape index (κ2) is 12.0. The van der Waals surface area contributed by atoms with Crippen molar-refractivity contribution in [3.05, 3.63) is 60.8 Å². The second-order valence-corrected chi connectivity index (χ2v) is 11.2. The number of rotatable bonds is 7. The number of carbonyl (C=O) groups excluding carboxylic acids is 1. The number of phenolic OH excluding ortho intramolecular Hbond substituents is 1. The molecule has 2 aromatic heterocycles.